The van der Waals surface area contributed by atoms with Gasteiger partial charge in [-0.3, -0.25) is 9.59 Å². The first kappa shape index (κ1) is 15.3. The van der Waals surface area contributed by atoms with E-state index in [-0.39, 0.29) is 23.1 Å². The van der Waals surface area contributed by atoms with Crippen molar-refractivity contribution in [2.24, 2.45) is 11.3 Å². The van der Waals surface area contributed by atoms with Gasteiger partial charge in [-0.15, -0.1) is 0 Å². The lowest BCUT2D eigenvalue weighted by Crippen LogP contribution is -2.54. The minimum atomic E-state index is -0.878. The highest BCUT2D eigenvalue weighted by Crippen LogP contribution is 2.43. The highest BCUT2D eigenvalue weighted by Gasteiger charge is 2.37. The largest absolute Gasteiger partial charge is 0.391 e. The lowest BCUT2D eigenvalue weighted by molar-refractivity contribution is -0.132. The van der Waals surface area contributed by atoms with Crippen LogP contribution in [0.15, 0.2) is 0 Å². The van der Waals surface area contributed by atoms with Gasteiger partial charge in [0.2, 0.25) is 11.8 Å². The number of carbonyl (C=O) groups excluding carboxylic acids is 2. The number of amides is 2. The maximum absolute atomic E-state index is 12.2. The fraction of sp³-hybridized carbons (Fsp3) is 0.867. The summed E-state index contributed by atoms with van der Waals surface area (Å²) in [5.74, 6) is -0.341. The van der Waals surface area contributed by atoms with Crippen LogP contribution in [0.3, 0.4) is 0 Å². The van der Waals surface area contributed by atoms with Crippen molar-refractivity contribution in [2.75, 3.05) is 6.54 Å². The Hall–Kier alpha value is -1.10. The molecule has 2 aliphatic rings. The van der Waals surface area contributed by atoms with Gasteiger partial charge in [0.25, 0.3) is 0 Å². The second kappa shape index (κ2) is 6.12. The molecule has 0 aromatic rings. The van der Waals surface area contributed by atoms with E-state index in [9.17, 15) is 14.7 Å². The number of hydrogen-bond acceptors (Lipinski definition) is 3. The van der Waals surface area contributed by atoms with Gasteiger partial charge in [-0.05, 0) is 44.4 Å². The van der Waals surface area contributed by atoms with E-state index in [4.69, 9.17) is 0 Å². The van der Waals surface area contributed by atoms with E-state index in [2.05, 4.69) is 17.6 Å². The van der Waals surface area contributed by atoms with Crippen molar-refractivity contribution in [3.05, 3.63) is 0 Å². The zero-order chi connectivity index (χ0) is 14.8. The van der Waals surface area contributed by atoms with E-state index in [0.29, 0.717) is 6.54 Å². The van der Waals surface area contributed by atoms with Gasteiger partial charge < -0.3 is 15.7 Å². The maximum atomic E-state index is 12.2. The highest BCUT2D eigenvalue weighted by molar-refractivity contribution is 5.89. The predicted molar refractivity (Wildman–Crippen MR) is 75.9 cm³/mol. The molecule has 20 heavy (non-hydrogen) atoms. The molecule has 0 saturated heterocycles. The third-order valence-electron chi connectivity index (χ3n) is 4.81. The van der Waals surface area contributed by atoms with Crippen LogP contribution in [-0.2, 0) is 9.59 Å². The lowest BCUT2D eigenvalue weighted by atomic mass is 9.67. The molecule has 114 valence electrons. The number of aliphatic hydroxyl groups excluding tert-OH is 1. The molecular weight excluding hydrogens is 256 g/mol. The van der Waals surface area contributed by atoms with Crippen LogP contribution < -0.4 is 10.6 Å². The summed E-state index contributed by atoms with van der Waals surface area (Å²) in [6, 6.07) is -0.836. The smallest absolute Gasteiger partial charge is 0.245 e. The molecule has 0 bridgehead atoms. The summed E-state index contributed by atoms with van der Waals surface area (Å²) in [5, 5.41) is 15.3. The van der Waals surface area contributed by atoms with Crippen LogP contribution >= 0.6 is 0 Å². The van der Waals surface area contributed by atoms with Crippen molar-refractivity contribution in [2.45, 2.75) is 64.5 Å². The standard InChI is InChI=1S/C15H26N2O3/c1-3-15(7-4-8-15)9-16-14(20)12(10(2)18)17-13(19)11-5-6-11/h10-12,18H,3-9H2,1-2H3,(H,16,20)(H,17,19). The van der Waals surface area contributed by atoms with Crippen LogP contribution in [0.2, 0.25) is 0 Å². The summed E-state index contributed by atoms with van der Waals surface area (Å²) < 4.78 is 0. The Kier molecular flexibility index (Phi) is 4.68. The van der Waals surface area contributed by atoms with Gasteiger partial charge in [-0.1, -0.05) is 13.3 Å². The van der Waals surface area contributed by atoms with Gasteiger partial charge in [0.1, 0.15) is 6.04 Å². The second-order valence-electron chi connectivity index (χ2n) is 6.43. The van der Waals surface area contributed by atoms with E-state index in [0.717, 1.165) is 32.1 Å². The van der Waals surface area contributed by atoms with Gasteiger partial charge in [-0.25, -0.2) is 0 Å². The Balaban J connectivity index is 1.84. The normalized spacial score (nSPS) is 23.4. The first-order chi connectivity index (χ1) is 9.47. The number of aliphatic hydroxyl groups is 1. The Morgan fingerprint density at radius 1 is 1.35 bits per heavy atom. The monoisotopic (exact) mass is 282 g/mol. The molecule has 0 radical (unpaired) electrons. The van der Waals surface area contributed by atoms with Crippen molar-refractivity contribution in [1.29, 1.82) is 0 Å². The molecule has 2 rings (SSSR count). The third-order valence-corrected chi connectivity index (χ3v) is 4.81. The molecular formula is C15H26N2O3. The molecule has 5 nitrogen and oxygen atoms in total. The van der Waals surface area contributed by atoms with Gasteiger partial charge in [0, 0.05) is 12.5 Å². The fourth-order valence-corrected chi connectivity index (χ4v) is 2.74. The maximum Gasteiger partial charge on any atom is 0.245 e. The van der Waals surface area contributed by atoms with Gasteiger partial charge in [0.15, 0.2) is 0 Å². The lowest BCUT2D eigenvalue weighted by Gasteiger charge is -2.41. The first-order valence-corrected chi connectivity index (χ1v) is 7.73. The molecule has 0 aliphatic heterocycles. The van der Waals surface area contributed by atoms with Crippen molar-refractivity contribution < 1.29 is 14.7 Å². The van der Waals surface area contributed by atoms with Crippen LogP contribution in [0.5, 0.6) is 0 Å². The molecule has 0 aromatic carbocycles. The van der Waals surface area contributed by atoms with Crippen LogP contribution in [0.1, 0.15) is 52.4 Å². The van der Waals surface area contributed by atoms with Crippen molar-refractivity contribution in [3.8, 4) is 0 Å². The van der Waals surface area contributed by atoms with E-state index in [1.165, 1.54) is 13.3 Å². The van der Waals surface area contributed by atoms with E-state index in [1.807, 2.05) is 0 Å². The van der Waals surface area contributed by atoms with Crippen molar-refractivity contribution >= 4 is 11.8 Å². The summed E-state index contributed by atoms with van der Waals surface area (Å²) in [6.45, 7) is 4.33. The number of nitrogens with one attached hydrogen (secondary N) is 2. The minimum absolute atomic E-state index is 0.0395. The van der Waals surface area contributed by atoms with Crippen LogP contribution in [-0.4, -0.2) is 35.6 Å². The highest BCUT2D eigenvalue weighted by atomic mass is 16.3. The Morgan fingerprint density at radius 3 is 2.40 bits per heavy atom. The zero-order valence-corrected chi connectivity index (χ0v) is 12.4. The summed E-state index contributed by atoms with van der Waals surface area (Å²) in [7, 11) is 0. The predicted octanol–water partition coefficient (Wildman–Crippen LogP) is 0.958. The van der Waals surface area contributed by atoms with Gasteiger partial charge >= 0.3 is 0 Å². The summed E-state index contributed by atoms with van der Waals surface area (Å²) >= 11 is 0. The third kappa shape index (κ3) is 3.51. The molecule has 2 aliphatic carbocycles. The minimum Gasteiger partial charge on any atom is -0.391 e. The molecule has 2 fully saturated rings. The SMILES string of the molecule is CCC1(CNC(=O)C(NC(=O)C2CC2)C(C)O)CCC1. The molecule has 2 amide bonds. The summed E-state index contributed by atoms with van der Waals surface area (Å²) in [5.41, 5.74) is 0.236. The van der Waals surface area contributed by atoms with Crippen molar-refractivity contribution in [1.82, 2.24) is 10.6 Å². The Bertz CT molecular complexity index is 368. The fourth-order valence-electron chi connectivity index (χ4n) is 2.74. The molecule has 2 saturated carbocycles. The molecule has 5 heteroatoms. The van der Waals surface area contributed by atoms with Gasteiger partial charge in [-0.2, -0.15) is 0 Å². The van der Waals surface area contributed by atoms with Gasteiger partial charge in [0.05, 0.1) is 6.10 Å². The number of hydrogen-bond donors (Lipinski definition) is 3. The Labute approximate surface area is 120 Å². The average Bonchev–Trinajstić information content (AvgIpc) is 3.18. The van der Waals surface area contributed by atoms with E-state index >= 15 is 0 Å². The van der Waals surface area contributed by atoms with E-state index in [1.54, 1.807) is 0 Å². The Morgan fingerprint density at radius 2 is 2.00 bits per heavy atom. The number of rotatable bonds is 7. The molecule has 3 N–H and O–H groups in total. The molecule has 0 spiro atoms. The zero-order valence-electron chi connectivity index (χ0n) is 12.4. The van der Waals surface area contributed by atoms with Crippen LogP contribution in [0.25, 0.3) is 0 Å². The quantitative estimate of drug-likeness (QED) is 0.651. The molecule has 2 atom stereocenters. The van der Waals surface area contributed by atoms with Crippen LogP contribution in [0.4, 0.5) is 0 Å². The molecule has 0 aromatic heterocycles. The van der Waals surface area contributed by atoms with Crippen molar-refractivity contribution in [3.63, 3.8) is 0 Å². The van der Waals surface area contributed by atoms with Crippen LogP contribution in [0, 0.1) is 11.3 Å². The second-order valence-corrected chi connectivity index (χ2v) is 6.43. The average molecular weight is 282 g/mol. The van der Waals surface area contributed by atoms with E-state index < -0.39 is 12.1 Å². The number of carbonyl (C=O) groups is 2. The molecule has 2 unspecified atom stereocenters. The summed E-state index contributed by atoms with van der Waals surface area (Å²) in [4.78, 5) is 23.9. The molecule has 0 heterocycles. The first-order valence-electron chi connectivity index (χ1n) is 7.73. The topological polar surface area (TPSA) is 78.4 Å². The summed E-state index contributed by atoms with van der Waals surface area (Å²) in [6.07, 6.45) is 5.48.